The maximum atomic E-state index is 12.4. The SMILES string of the molecule is O=C(c1cc([N+](=O)[O-])n(C2CCCCO2)n1)N1CCNCC1. The first kappa shape index (κ1) is 14.9. The molecule has 1 aromatic rings. The van der Waals surface area contributed by atoms with E-state index in [2.05, 4.69) is 10.4 Å². The van der Waals surface area contributed by atoms with Crippen LogP contribution in [0, 0.1) is 10.1 Å². The van der Waals surface area contributed by atoms with Crippen LogP contribution in [0.25, 0.3) is 0 Å². The highest BCUT2D eigenvalue weighted by Gasteiger charge is 2.32. The van der Waals surface area contributed by atoms with Crippen molar-refractivity contribution in [3.63, 3.8) is 0 Å². The van der Waals surface area contributed by atoms with Crippen LogP contribution < -0.4 is 5.32 Å². The van der Waals surface area contributed by atoms with Crippen LogP contribution in [0.5, 0.6) is 0 Å². The van der Waals surface area contributed by atoms with Gasteiger partial charge >= 0.3 is 5.82 Å². The van der Waals surface area contributed by atoms with Crippen LogP contribution in [-0.2, 0) is 4.74 Å². The van der Waals surface area contributed by atoms with Gasteiger partial charge in [-0.3, -0.25) is 4.79 Å². The lowest BCUT2D eigenvalue weighted by atomic mass is 10.2. The third-order valence-corrected chi connectivity index (χ3v) is 3.95. The number of nitrogens with zero attached hydrogens (tertiary/aromatic N) is 4. The Morgan fingerprint density at radius 3 is 2.82 bits per heavy atom. The van der Waals surface area contributed by atoms with Gasteiger partial charge < -0.3 is 25.1 Å². The molecule has 2 fully saturated rings. The molecule has 0 spiro atoms. The van der Waals surface area contributed by atoms with Crippen molar-refractivity contribution in [2.75, 3.05) is 32.8 Å². The van der Waals surface area contributed by atoms with E-state index in [9.17, 15) is 14.9 Å². The fraction of sp³-hybridized carbons (Fsp3) is 0.692. The van der Waals surface area contributed by atoms with Crippen LogP contribution >= 0.6 is 0 Å². The lowest BCUT2D eigenvalue weighted by Crippen LogP contribution is -2.46. The van der Waals surface area contributed by atoms with E-state index in [1.807, 2.05) is 0 Å². The second-order valence-corrected chi connectivity index (χ2v) is 5.45. The van der Waals surface area contributed by atoms with E-state index in [0.717, 1.165) is 25.9 Å². The van der Waals surface area contributed by atoms with Crippen molar-refractivity contribution in [3.05, 3.63) is 21.9 Å². The zero-order valence-electron chi connectivity index (χ0n) is 12.2. The lowest BCUT2D eigenvalue weighted by Gasteiger charge is -2.26. The molecule has 0 saturated carbocycles. The van der Waals surface area contributed by atoms with Gasteiger partial charge in [-0.15, -0.1) is 4.68 Å². The number of carbonyl (C=O) groups is 1. The maximum Gasteiger partial charge on any atom is 0.348 e. The summed E-state index contributed by atoms with van der Waals surface area (Å²) in [5, 5.41) is 18.6. The highest BCUT2D eigenvalue weighted by Crippen LogP contribution is 2.27. The van der Waals surface area contributed by atoms with Crippen molar-refractivity contribution in [3.8, 4) is 0 Å². The number of nitro groups is 1. The summed E-state index contributed by atoms with van der Waals surface area (Å²) >= 11 is 0. The molecule has 2 aliphatic heterocycles. The van der Waals surface area contributed by atoms with Gasteiger partial charge in [0.25, 0.3) is 5.91 Å². The Morgan fingerprint density at radius 2 is 2.18 bits per heavy atom. The molecular formula is C13H19N5O4. The molecule has 0 aromatic carbocycles. The van der Waals surface area contributed by atoms with E-state index in [0.29, 0.717) is 26.1 Å². The average molecular weight is 309 g/mol. The number of hydrogen-bond acceptors (Lipinski definition) is 6. The van der Waals surface area contributed by atoms with Crippen molar-refractivity contribution < 1.29 is 14.5 Å². The van der Waals surface area contributed by atoms with Crippen molar-refractivity contribution in [2.45, 2.75) is 25.5 Å². The summed E-state index contributed by atoms with van der Waals surface area (Å²) in [5.74, 6) is -0.454. The van der Waals surface area contributed by atoms with Crippen molar-refractivity contribution in [2.24, 2.45) is 0 Å². The Hall–Kier alpha value is -2.00. The Bertz CT molecular complexity index is 561. The molecule has 9 nitrogen and oxygen atoms in total. The molecule has 9 heteroatoms. The van der Waals surface area contributed by atoms with Gasteiger partial charge in [-0.25, -0.2) is 0 Å². The van der Waals surface area contributed by atoms with Crippen LogP contribution in [0.3, 0.4) is 0 Å². The molecule has 1 aromatic heterocycles. The predicted molar refractivity (Wildman–Crippen MR) is 76.5 cm³/mol. The highest BCUT2D eigenvalue weighted by molar-refractivity contribution is 5.92. The molecular weight excluding hydrogens is 290 g/mol. The fourth-order valence-corrected chi connectivity index (χ4v) is 2.78. The first-order valence-corrected chi connectivity index (χ1v) is 7.52. The molecule has 1 unspecified atom stereocenters. The third kappa shape index (κ3) is 2.95. The zero-order chi connectivity index (χ0) is 15.5. The molecule has 2 saturated heterocycles. The summed E-state index contributed by atoms with van der Waals surface area (Å²) in [6, 6.07) is 1.25. The van der Waals surface area contributed by atoms with Crippen molar-refractivity contribution >= 4 is 11.7 Å². The van der Waals surface area contributed by atoms with E-state index in [-0.39, 0.29) is 17.4 Å². The topological polar surface area (TPSA) is 103 Å². The van der Waals surface area contributed by atoms with Gasteiger partial charge in [0.05, 0.1) is 12.7 Å². The quantitative estimate of drug-likeness (QED) is 0.645. The summed E-state index contributed by atoms with van der Waals surface area (Å²) in [6.07, 6.45) is 2.09. The largest absolute Gasteiger partial charge is 0.358 e. The molecule has 0 radical (unpaired) electrons. The molecule has 1 atom stereocenters. The molecule has 120 valence electrons. The summed E-state index contributed by atoms with van der Waals surface area (Å²) < 4.78 is 6.80. The lowest BCUT2D eigenvalue weighted by molar-refractivity contribution is -0.394. The molecule has 1 N–H and O–H groups in total. The number of aromatic nitrogens is 2. The molecule has 22 heavy (non-hydrogen) atoms. The van der Waals surface area contributed by atoms with E-state index in [1.54, 1.807) is 4.90 Å². The second-order valence-electron chi connectivity index (χ2n) is 5.45. The van der Waals surface area contributed by atoms with Crippen LogP contribution in [0.4, 0.5) is 5.82 Å². The highest BCUT2D eigenvalue weighted by atomic mass is 16.6. The average Bonchev–Trinajstić information content (AvgIpc) is 3.01. The predicted octanol–water partition coefficient (Wildman–Crippen LogP) is 0.536. The van der Waals surface area contributed by atoms with Gasteiger partial charge in [-0.2, -0.15) is 0 Å². The number of amides is 1. The van der Waals surface area contributed by atoms with Crippen molar-refractivity contribution in [1.29, 1.82) is 0 Å². The van der Waals surface area contributed by atoms with E-state index < -0.39 is 11.2 Å². The minimum Gasteiger partial charge on any atom is -0.358 e. The minimum atomic E-state index is -0.514. The first-order chi connectivity index (χ1) is 10.7. The van der Waals surface area contributed by atoms with Gasteiger partial charge in [0.15, 0.2) is 5.69 Å². The van der Waals surface area contributed by atoms with Gasteiger partial charge in [-0.1, -0.05) is 5.10 Å². The molecule has 0 bridgehead atoms. The normalized spacial score (nSPS) is 22.5. The number of hydrogen-bond donors (Lipinski definition) is 1. The molecule has 3 heterocycles. The van der Waals surface area contributed by atoms with Crippen LogP contribution in [-0.4, -0.2) is 58.3 Å². The monoisotopic (exact) mass is 309 g/mol. The van der Waals surface area contributed by atoms with Crippen LogP contribution in [0.1, 0.15) is 36.0 Å². The summed E-state index contributed by atoms with van der Waals surface area (Å²) in [7, 11) is 0. The van der Waals surface area contributed by atoms with Gasteiger partial charge in [0.2, 0.25) is 6.23 Å². The Morgan fingerprint density at radius 1 is 1.41 bits per heavy atom. The minimum absolute atomic E-state index is 0.114. The molecule has 2 aliphatic rings. The van der Waals surface area contributed by atoms with Crippen LogP contribution in [0.2, 0.25) is 0 Å². The Labute approximate surface area is 127 Å². The summed E-state index contributed by atoms with van der Waals surface area (Å²) in [4.78, 5) is 24.8. The van der Waals surface area contributed by atoms with Gasteiger partial charge in [0, 0.05) is 32.6 Å². The standard InChI is InChI=1S/C13H19N5O4/c19-13(16-6-4-14-5-7-16)10-9-11(18(20)21)17(15-10)12-3-1-2-8-22-12/h9,12,14H,1-8H2. The van der Waals surface area contributed by atoms with E-state index in [1.165, 1.54) is 10.7 Å². The zero-order valence-corrected chi connectivity index (χ0v) is 12.2. The third-order valence-electron chi connectivity index (χ3n) is 3.95. The van der Waals surface area contributed by atoms with E-state index >= 15 is 0 Å². The summed E-state index contributed by atoms with van der Waals surface area (Å²) in [6.45, 7) is 3.17. The van der Waals surface area contributed by atoms with Gasteiger partial charge in [0.1, 0.15) is 0 Å². The number of piperazine rings is 1. The Kier molecular flexibility index (Phi) is 4.34. The van der Waals surface area contributed by atoms with Crippen LogP contribution in [0.15, 0.2) is 6.07 Å². The molecule has 1 amide bonds. The molecule has 3 rings (SSSR count). The number of rotatable bonds is 3. The smallest absolute Gasteiger partial charge is 0.348 e. The second kappa shape index (κ2) is 6.41. The van der Waals surface area contributed by atoms with E-state index in [4.69, 9.17) is 4.74 Å². The maximum absolute atomic E-state index is 12.4. The molecule has 0 aliphatic carbocycles. The number of carbonyl (C=O) groups excluding carboxylic acids is 1. The summed E-state index contributed by atoms with van der Waals surface area (Å²) in [5.41, 5.74) is 0.114. The number of nitrogens with one attached hydrogen (secondary N) is 1. The first-order valence-electron chi connectivity index (χ1n) is 7.52. The number of ether oxygens (including phenoxy) is 1. The Balaban J connectivity index is 1.85. The fourth-order valence-electron chi connectivity index (χ4n) is 2.78. The van der Waals surface area contributed by atoms with Gasteiger partial charge in [-0.05, 0) is 17.8 Å². The van der Waals surface area contributed by atoms with Crippen molar-refractivity contribution in [1.82, 2.24) is 20.0 Å².